The summed E-state index contributed by atoms with van der Waals surface area (Å²) < 4.78 is 29.8. The maximum atomic E-state index is 12.6. The molecule has 0 atom stereocenters. The van der Waals surface area contributed by atoms with Gasteiger partial charge in [-0.1, -0.05) is 60.1 Å². The van der Waals surface area contributed by atoms with E-state index in [4.69, 9.17) is 11.6 Å². The lowest BCUT2D eigenvalue weighted by Crippen LogP contribution is -2.15. The van der Waals surface area contributed by atoms with E-state index in [0.29, 0.717) is 22.8 Å². The minimum Gasteiger partial charge on any atom is -0.326 e. The van der Waals surface area contributed by atoms with Gasteiger partial charge in [-0.25, -0.2) is 13.4 Å². The summed E-state index contributed by atoms with van der Waals surface area (Å²) in [6.45, 7) is 0.660. The van der Waals surface area contributed by atoms with Crippen molar-refractivity contribution in [2.45, 2.75) is 12.3 Å². The quantitative estimate of drug-likeness (QED) is 0.501. The number of rotatable bonds is 6. The van der Waals surface area contributed by atoms with Gasteiger partial charge in [-0.3, -0.25) is 4.72 Å². The number of nitrogens with one attached hydrogen (secondary N) is 1. The normalized spacial score (nSPS) is 11.6. The fraction of sp³-hybridized carbons (Fsp3) is 0.0952. The maximum Gasteiger partial charge on any atom is 0.236 e. The van der Waals surface area contributed by atoms with E-state index < -0.39 is 10.0 Å². The van der Waals surface area contributed by atoms with Gasteiger partial charge in [0, 0.05) is 11.6 Å². The van der Waals surface area contributed by atoms with Crippen molar-refractivity contribution in [1.29, 1.82) is 0 Å². The van der Waals surface area contributed by atoms with Crippen molar-refractivity contribution in [2.75, 3.05) is 4.72 Å². The molecule has 0 aliphatic rings. The molecule has 4 rings (SSSR count). The zero-order chi connectivity index (χ0) is 19.6. The summed E-state index contributed by atoms with van der Waals surface area (Å²) in [6, 6.07) is 22.3. The molecule has 0 spiro atoms. The summed E-state index contributed by atoms with van der Waals surface area (Å²) >= 11 is 6.09. The first kappa shape index (κ1) is 18.5. The largest absolute Gasteiger partial charge is 0.326 e. The van der Waals surface area contributed by atoms with Crippen LogP contribution in [-0.2, 0) is 22.3 Å². The molecule has 1 aromatic heterocycles. The molecule has 0 saturated heterocycles. The molecule has 5 nitrogen and oxygen atoms in total. The Balaban J connectivity index is 1.59. The Labute approximate surface area is 168 Å². The number of sulfonamides is 1. The van der Waals surface area contributed by atoms with Crippen LogP contribution in [0.2, 0.25) is 5.02 Å². The van der Waals surface area contributed by atoms with Gasteiger partial charge in [0.15, 0.2) is 0 Å². The van der Waals surface area contributed by atoms with Gasteiger partial charge in [0.1, 0.15) is 0 Å². The van der Waals surface area contributed by atoms with Crippen molar-refractivity contribution < 1.29 is 8.42 Å². The summed E-state index contributed by atoms with van der Waals surface area (Å²) in [6.07, 6.45) is 1.76. The topological polar surface area (TPSA) is 64.0 Å². The molecule has 142 valence electrons. The van der Waals surface area contributed by atoms with Crippen molar-refractivity contribution in [2.24, 2.45) is 0 Å². The van der Waals surface area contributed by atoms with E-state index in [1.54, 1.807) is 42.7 Å². The van der Waals surface area contributed by atoms with Gasteiger partial charge in [-0.15, -0.1) is 0 Å². The first-order valence-corrected chi connectivity index (χ1v) is 10.8. The molecule has 1 heterocycles. The second kappa shape index (κ2) is 7.66. The summed E-state index contributed by atoms with van der Waals surface area (Å²) in [7, 11) is -3.60. The van der Waals surface area contributed by atoms with E-state index in [1.807, 2.05) is 41.0 Å². The van der Waals surface area contributed by atoms with Crippen LogP contribution in [0.5, 0.6) is 0 Å². The maximum absolute atomic E-state index is 12.6. The molecule has 3 aromatic carbocycles. The third-order valence-electron chi connectivity index (χ3n) is 4.39. The van der Waals surface area contributed by atoms with E-state index in [2.05, 4.69) is 9.71 Å². The van der Waals surface area contributed by atoms with Crippen molar-refractivity contribution in [3.8, 4) is 0 Å². The molecule has 0 bridgehead atoms. The highest BCUT2D eigenvalue weighted by molar-refractivity contribution is 7.91. The first-order valence-electron chi connectivity index (χ1n) is 8.73. The highest BCUT2D eigenvalue weighted by Gasteiger charge is 2.15. The molecule has 7 heteroatoms. The summed E-state index contributed by atoms with van der Waals surface area (Å²) in [5.41, 5.74) is 3.87. The Kier molecular flexibility index (Phi) is 5.07. The zero-order valence-corrected chi connectivity index (χ0v) is 16.5. The van der Waals surface area contributed by atoms with Gasteiger partial charge in [0.05, 0.1) is 28.8 Å². The second-order valence-electron chi connectivity index (χ2n) is 6.51. The van der Waals surface area contributed by atoms with Gasteiger partial charge < -0.3 is 4.57 Å². The van der Waals surface area contributed by atoms with Crippen LogP contribution in [0.15, 0.2) is 79.1 Å². The molecule has 28 heavy (non-hydrogen) atoms. The lowest BCUT2D eigenvalue weighted by molar-refractivity contribution is 0.600. The standard InChI is InChI=1S/C21H18ClN3O2S/c22-19-9-5-4-8-17(19)14-28(26,27)24-18-10-11-20-21(12-18)25(15-23-20)13-16-6-2-1-3-7-16/h1-12,15,24H,13-14H2. The first-order chi connectivity index (χ1) is 13.5. The van der Waals surface area contributed by atoms with E-state index in [0.717, 1.165) is 16.6 Å². The van der Waals surface area contributed by atoms with Gasteiger partial charge in [0.2, 0.25) is 10.0 Å². The number of halogens is 1. The van der Waals surface area contributed by atoms with Crippen LogP contribution in [0, 0.1) is 0 Å². The number of anilines is 1. The van der Waals surface area contributed by atoms with Crippen LogP contribution < -0.4 is 4.72 Å². The van der Waals surface area contributed by atoms with Gasteiger partial charge in [0.25, 0.3) is 0 Å². The SMILES string of the molecule is O=S(=O)(Cc1ccccc1Cl)Nc1ccc2ncn(Cc3ccccc3)c2c1. The van der Waals surface area contributed by atoms with E-state index in [1.165, 1.54) is 0 Å². The average Bonchev–Trinajstić information content (AvgIpc) is 3.06. The number of hydrogen-bond donors (Lipinski definition) is 1. The van der Waals surface area contributed by atoms with Crippen LogP contribution in [0.3, 0.4) is 0 Å². The third kappa shape index (κ3) is 4.18. The number of benzene rings is 3. The highest BCUT2D eigenvalue weighted by atomic mass is 35.5. The van der Waals surface area contributed by atoms with Crippen LogP contribution in [-0.4, -0.2) is 18.0 Å². The van der Waals surface area contributed by atoms with Gasteiger partial charge in [-0.2, -0.15) is 0 Å². The molecule has 1 N–H and O–H groups in total. The van der Waals surface area contributed by atoms with Gasteiger partial charge >= 0.3 is 0 Å². The van der Waals surface area contributed by atoms with Crippen molar-refractivity contribution in [3.05, 3.63) is 95.3 Å². The Morgan fingerprint density at radius 3 is 2.50 bits per heavy atom. The molecular formula is C21H18ClN3O2S. The highest BCUT2D eigenvalue weighted by Crippen LogP contribution is 2.23. The van der Waals surface area contributed by atoms with Crippen molar-refractivity contribution in [3.63, 3.8) is 0 Å². The second-order valence-corrected chi connectivity index (χ2v) is 8.64. The summed E-state index contributed by atoms with van der Waals surface area (Å²) in [5.74, 6) is -0.187. The Morgan fingerprint density at radius 1 is 0.964 bits per heavy atom. The van der Waals surface area contributed by atoms with Gasteiger partial charge in [-0.05, 0) is 35.4 Å². The Hall–Kier alpha value is -2.83. The number of nitrogens with zero attached hydrogens (tertiary/aromatic N) is 2. The molecule has 0 amide bonds. The fourth-order valence-electron chi connectivity index (χ4n) is 3.06. The van der Waals surface area contributed by atoms with E-state index in [9.17, 15) is 8.42 Å². The average molecular weight is 412 g/mol. The third-order valence-corrected chi connectivity index (χ3v) is 6.00. The predicted octanol–water partition coefficient (Wildman–Crippen LogP) is 4.68. The lowest BCUT2D eigenvalue weighted by Gasteiger charge is -2.10. The van der Waals surface area contributed by atoms with E-state index in [-0.39, 0.29) is 5.75 Å². The number of imidazole rings is 1. The minimum atomic E-state index is -3.60. The molecule has 0 radical (unpaired) electrons. The fourth-order valence-corrected chi connectivity index (χ4v) is 4.56. The van der Waals surface area contributed by atoms with Crippen LogP contribution >= 0.6 is 11.6 Å². The molecular weight excluding hydrogens is 394 g/mol. The van der Waals surface area contributed by atoms with Crippen LogP contribution in [0.4, 0.5) is 5.69 Å². The van der Waals surface area contributed by atoms with Crippen molar-refractivity contribution in [1.82, 2.24) is 9.55 Å². The summed E-state index contributed by atoms with van der Waals surface area (Å²) in [4.78, 5) is 4.40. The molecule has 4 aromatic rings. The Morgan fingerprint density at radius 2 is 1.71 bits per heavy atom. The zero-order valence-electron chi connectivity index (χ0n) is 14.9. The van der Waals surface area contributed by atoms with E-state index >= 15 is 0 Å². The molecule has 0 fully saturated rings. The summed E-state index contributed by atoms with van der Waals surface area (Å²) in [5, 5.41) is 0.435. The smallest absolute Gasteiger partial charge is 0.236 e. The predicted molar refractivity (Wildman–Crippen MR) is 113 cm³/mol. The monoisotopic (exact) mass is 411 g/mol. The number of hydrogen-bond acceptors (Lipinski definition) is 3. The molecule has 0 aliphatic carbocycles. The Bertz CT molecular complexity index is 1220. The number of aromatic nitrogens is 2. The number of fused-ring (bicyclic) bond motifs is 1. The molecule has 0 saturated carbocycles. The minimum absolute atomic E-state index is 0.187. The van der Waals surface area contributed by atoms with Crippen LogP contribution in [0.1, 0.15) is 11.1 Å². The lowest BCUT2D eigenvalue weighted by atomic mass is 10.2. The van der Waals surface area contributed by atoms with Crippen molar-refractivity contribution >= 4 is 38.3 Å². The molecule has 0 aliphatic heterocycles. The molecule has 0 unspecified atom stereocenters. The van der Waals surface area contributed by atoms with Crippen LogP contribution in [0.25, 0.3) is 11.0 Å².